The summed E-state index contributed by atoms with van der Waals surface area (Å²) in [5.41, 5.74) is 0.915. The zero-order chi connectivity index (χ0) is 13.4. The van der Waals surface area contributed by atoms with Gasteiger partial charge in [0.05, 0.1) is 13.2 Å². The minimum Gasteiger partial charge on any atom is -0.494 e. The molecule has 0 aliphatic heterocycles. The van der Waals surface area contributed by atoms with Crippen molar-refractivity contribution >= 4 is 11.6 Å². The summed E-state index contributed by atoms with van der Waals surface area (Å²) >= 11 is 0. The van der Waals surface area contributed by atoms with E-state index in [4.69, 9.17) is 4.74 Å². The number of benzene rings is 1. The van der Waals surface area contributed by atoms with E-state index in [1.54, 1.807) is 0 Å². The smallest absolute Gasteiger partial charge is 0.239 e. The lowest BCUT2D eigenvalue weighted by Crippen LogP contribution is -2.32. The Labute approximate surface area is 109 Å². The molecule has 0 unspecified atom stereocenters. The minimum absolute atomic E-state index is 0.0117. The van der Waals surface area contributed by atoms with Gasteiger partial charge in [-0.05, 0) is 37.1 Å². The van der Waals surface area contributed by atoms with E-state index >= 15 is 0 Å². The van der Waals surface area contributed by atoms with Crippen molar-refractivity contribution in [3.63, 3.8) is 0 Å². The van der Waals surface area contributed by atoms with Gasteiger partial charge < -0.3 is 15.4 Å². The summed E-state index contributed by atoms with van der Waals surface area (Å²) in [7, 11) is 0. The maximum absolute atomic E-state index is 11.5. The van der Waals surface area contributed by atoms with Gasteiger partial charge in [0.2, 0.25) is 5.91 Å². The zero-order valence-electron chi connectivity index (χ0n) is 11.3. The molecule has 0 spiro atoms. The van der Waals surface area contributed by atoms with Crippen LogP contribution in [-0.2, 0) is 4.79 Å². The van der Waals surface area contributed by atoms with E-state index in [2.05, 4.69) is 24.5 Å². The molecule has 2 N–H and O–H groups in total. The summed E-state index contributed by atoms with van der Waals surface area (Å²) in [5.74, 6) is 1.32. The van der Waals surface area contributed by atoms with Gasteiger partial charge in [-0.25, -0.2) is 0 Å². The van der Waals surface area contributed by atoms with Crippen molar-refractivity contribution < 1.29 is 9.53 Å². The quantitative estimate of drug-likeness (QED) is 0.780. The Morgan fingerprint density at radius 2 is 1.94 bits per heavy atom. The van der Waals surface area contributed by atoms with E-state index in [0.717, 1.165) is 11.4 Å². The molecule has 18 heavy (non-hydrogen) atoms. The largest absolute Gasteiger partial charge is 0.494 e. The molecule has 0 fully saturated rings. The molecular formula is C14H22N2O2. The molecule has 4 nitrogen and oxygen atoms in total. The summed E-state index contributed by atoms with van der Waals surface area (Å²) in [5, 5.41) is 5.93. The van der Waals surface area contributed by atoms with Gasteiger partial charge in [0.1, 0.15) is 5.75 Å². The fraction of sp³-hybridized carbons (Fsp3) is 0.500. The van der Waals surface area contributed by atoms with E-state index in [1.165, 1.54) is 0 Å². The molecule has 0 heterocycles. The Balaban J connectivity index is 2.32. The zero-order valence-corrected chi connectivity index (χ0v) is 11.3. The second kappa shape index (κ2) is 7.58. The Bertz CT molecular complexity index is 361. The number of hydrogen-bond acceptors (Lipinski definition) is 3. The lowest BCUT2D eigenvalue weighted by molar-refractivity contribution is -0.119. The highest BCUT2D eigenvalue weighted by Gasteiger charge is 2.02. The molecule has 0 aromatic heterocycles. The summed E-state index contributed by atoms with van der Waals surface area (Å²) in [6.45, 7) is 7.75. The van der Waals surface area contributed by atoms with E-state index in [-0.39, 0.29) is 5.91 Å². The second-order valence-electron chi connectivity index (χ2n) is 4.51. The molecule has 1 aromatic carbocycles. The molecular weight excluding hydrogens is 228 g/mol. The van der Waals surface area contributed by atoms with Crippen LogP contribution >= 0.6 is 0 Å². The van der Waals surface area contributed by atoms with Crippen molar-refractivity contribution in [2.75, 3.05) is 25.0 Å². The van der Waals surface area contributed by atoms with Crippen LogP contribution in [-0.4, -0.2) is 25.6 Å². The Morgan fingerprint density at radius 1 is 1.28 bits per heavy atom. The highest BCUT2D eigenvalue weighted by Crippen LogP contribution is 2.15. The van der Waals surface area contributed by atoms with Gasteiger partial charge in [-0.1, -0.05) is 13.8 Å². The summed E-state index contributed by atoms with van der Waals surface area (Å²) in [6, 6.07) is 7.58. The topological polar surface area (TPSA) is 50.4 Å². The molecule has 0 aliphatic rings. The second-order valence-corrected chi connectivity index (χ2v) is 4.51. The number of amides is 1. The third kappa shape index (κ3) is 5.57. The van der Waals surface area contributed by atoms with Gasteiger partial charge in [-0.2, -0.15) is 0 Å². The van der Waals surface area contributed by atoms with Crippen molar-refractivity contribution in [2.24, 2.45) is 5.92 Å². The molecule has 0 radical (unpaired) electrons. The summed E-state index contributed by atoms with van der Waals surface area (Å²) < 4.78 is 5.34. The predicted octanol–water partition coefficient (Wildman–Crippen LogP) is 2.27. The van der Waals surface area contributed by atoms with Crippen LogP contribution in [0.1, 0.15) is 20.8 Å². The van der Waals surface area contributed by atoms with Crippen LogP contribution in [0.5, 0.6) is 5.75 Å². The highest BCUT2D eigenvalue weighted by atomic mass is 16.5. The highest BCUT2D eigenvalue weighted by molar-refractivity contribution is 5.80. The lowest BCUT2D eigenvalue weighted by atomic mass is 10.2. The maximum atomic E-state index is 11.5. The number of rotatable bonds is 7. The van der Waals surface area contributed by atoms with E-state index in [9.17, 15) is 4.79 Å². The van der Waals surface area contributed by atoms with Gasteiger partial charge in [0.25, 0.3) is 0 Å². The number of anilines is 1. The molecule has 1 amide bonds. The SMILES string of the molecule is CCOc1ccc(NCC(=O)NCC(C)C)cc1. The van der Waals surface area contributed by atoms with Crippen molar-refractivity contribution in [3.8, 4) is 5.75 Å². The average Bonchev–Trinajstić information content (AvgIpc) is 2.36. The van der Waals surface area contributed by atoms with Gasteiger partial charge in [-0.15, -0.1) is 0 Å². The van der Waals surface area contributed by atoms with Gasteiger partial charge in [-0.3, -0.25) is 4.79 Å². The monoisotopic (exact) mass is 250 g/mol. The molecule has 0 saturated heterocycles. The van der Waals surface area contributed by atoms with Crippen LogP contribution in [0.25, 0.3) is 0 Å². The third-order valence-electron chi connectivity index (χ3n) is 2.33. The number of carbonyl (C=O) groups excluding carboxylic acids is 1. The van der Waals surface area contributed by atoms with Crippen LogP contribution in [0.4, 0.5) is 5.69 Å². The predicted molar refractivity (Wildman–Crippen MR) is 73.9 cm³/mol. The summed E-state index contributed by atoms with van der Waals surface area (Å²) in [6.07, 6.45) is 0. The van der Waals surface area contributed by atoms with Crippen molar-refractivity contribution in [1.29, 1.82) is 0 Å². The number of nitrogens with one attached hydrogen (secondary N) is 2. The molecule has 1 aromatic rings. The van der Waals surface area contributed by atoms with Crippen LogP contribution in [0.15, 0.2) is 24.3 Å². The molecule has 0 aliphatic carbocycles. The first-order valence-electron chi connectivity index (χ1n) is 6.35. The fourth-order valence-electron chi connectivity index (χ4n) is 1.40. The molecule has 100 valence electrons. The van der Waals surface area contributed by atoms with Crippen LogP contribution in [0.3, 0.4) is 0 Å². The van der Waals surface area contributed by atoms with E-state index in [0.29, 0.717) is 25.6 Å². The van der Waals surface area contributed by atoms with Crippen molar-refractivity contribution in [1.82, 2.24) is 5.32 Å². The van der Waals surface area contributed by atoms with E-state index in [1.807, 2.05) is 31.2 Å². The van der Waals surface area contributed by atoms with Crippen molar-refractivity contribution in [3.05, 3.63) is 24.3 Å². The molecule has 4 heteroatoms. The molecule has 0 saturated carbocycles. The van der Waals surface area contributed by atoms with Crippen molar-refractivity contribution in [2.45, 2.75) is 20.8 Å². The third-order valence-corrected chi connectivity index (χ3v) is 2.33. The van der Waals surface area contributed by atoms with Gasteiger partial charge in [0, 0.05) is 12.2 Å². The first-order valence-corrected chi connectivity index (χ1v) is 6.35. The van der Waals surface area contributed by atoms with Gasteiger partial charge >= 0.3 is 0 Å². The Morgan fingerprint density at radius 3 is 2.50 bits per heavy atom. The molecule has 0 bridgehead atoms. The first-order chi connectivity index (χ1) is 8.61. The van der Waals surface area contributed by atoms with Gasteiger partial charge in [0.15, 0.2) is 0 Å². The average molecular weight is 250 g/mol. The molecule has 0 atom stereocenters. The lowest BCUT2D eigenvalue weighted by Gasteiger charge is -2.10. The van der Waals surface area contributed by atoms with Crippen LogP contribution in [0, 0.1) is 5.92 Å². The van der Waals surface area contributed by atoms with Crippen LogP contribution < -0.4 is 15.4 Å². The Hall–Kier alpha value is -1.71. The number of hydrogen-bond donors (Lipinski definition) is 2. The fourth-order valence-corrected chi connectivity index (χ4v) is 1.40. The summed E-state index contributed by atoms with van der Waals surface area (Å²) in [4.78, 5) is 11.5. The minimum atomic E-state index is 0.0117. The number of carbonyl (C=O) groups is 1. The Kier molecular flexibility index (Phi) is 6.05. The first kappa shape index (κ1) is 14.4. The maximum Gasteiger partial charge on any atom is 0.239 e. The molecule has 1 rings (SSSR count). The normalized spacial score (nSPS) is 10.2. The standard InChI is InChI=1S/C14H22N2O2/c1-4-18-13-7-5-12(6-8-13)15-10-14(17)16-9-11(2)3/h5-8,11,15H,4,9-10H2,1-3H3,(H,16,17). The number of ether oxygens (including phenoxy) is 1. The van der Waals surface area contributed by atoms with Crippen LogP contribution in [0.2, 0.25) is 0 Å². The van der Waals surface area contributed by atoms with E-state index < -0.39 is 0 Å².